The van der Waals surface area contributed by atoms with Crippen molar-refractivity contribution in [1.82, 2.24) is 19.9 Å². The zero-order valence-corrected chi connectivity index (χ0v) is 16.2. The number of methoxy groups -OCH3 is 1. The first-order chi connectivity index (χ1) is 13.2. The third-order valence-electron chi connectivity index (χ3n) is 4.28. The summed E-state index contributed by atoms with van der Waals surface area (Å²) in [7, 11) is 1.54. The molecule has 0 radical (unpaired) electrons. The summed E-state index contributed by atoms with van der Waals surface area (Å²) in [6.07, 6.45) is 1.69. The van der Waals surface area contributed by atoms with Gasteiger partial charge in [-0.15, -0.1) is 0 Å². The van der Waals surface area contributed by atoms with Crippen LogP contribution in [0.25, 0.3) is 11.2 Å². The van der Waals surface area contributed by atoms with Crippen molar-refractivity contribution < 1.29 is 14.0 Å². The molecule has 0 aliphatic carbocycles. The van der Waals surface area contributed by atoms with E-state index in [9.17, 15) is 4.55 Å². The number of anilines is 1. The van der Waals surface area contributed by atoms with Crippen LogP contribution in [0.1, 0.15) is 5.69 Å². The Hall–Kier alpha value is -1.07. The van der Waals surface area contributed by atoms with Crippen LogP contribution in [0.2, 0.25) is 5.02 Å². The van der Waals surface area contributed by atoms with Crippen LogP contribution in [-0.4, -0.2) is 87.5 Å². The number of ether oxygens (including phenoxy) is 2. The third-order valence-corrected chi connectivity index (χ3v) is 5.86. The number of pyridine rings is 2. The number of hydrogen-bond acceptors (Lipinski definition) is 7. The Bertz CT molecular complexity index is 954. The Labute approximate surface area is 192 Å². The Morgan fingerprint density at radius 2 is 2.07 bits per heavy atom. The van der Waals surface area contributed by atoms with Crippen molar-refractivity contribution in [2.45, 2.75) is 10.9 Å². The first kappa shape index (κ1) is 21.6. The molecule has 0 unspecified atom stereocenters. The number of H-pyrrole nitrogens is 1. The number of aromatic amines is 1. The zero-order chi connectivity index (χ0) is 18.8. The predicted octanol–water partition coefficient (Wildman–Crippen LogP) is 1.51. The van der Waals surface area contributed by atoms with E-state index in [1.165, 1.54) is 7.11 Å². The summed E-state index contributed by atoms with van der Waals surface area (Å²) in [6.45, 7) is 2.86. The Balaban J connectivity index is 0.00000225. The van der Waals surface area contributed by atoms with E-state index in [1.54, 1.807) is 18.3 Å². The number of morpholine rings is 1. The number of halogens is 1. The van der Waals surface area contributed by atoms with Gasteiger partial charge in [-0.2, -0.15) is 9.97 Å². The van der Waals surface area contributed by atoms with Crippen molar-refractivity contribution in [2.24, 2.45) is 0 Å². The van der Waals surface area contributed by atoms with E-state index in [4.69, 9.17) is 21.1 Å². The molecule has 1 N–H and O–H groups in total. The van der Waals surface area contributed by atoms with E-state index in [0.717, 1.165) is 18.8 Å². The molecule has 0 saturated carbocycles. The molecule has 3 aromatic heterocycles. The maximum atomic E-state index is 12.8. The van der Waals surface area contributed by atoms with E-state index in [2.05, 4.69) is 24.8 Å². The first-order valence-electron chi connectivity index (χ1n) is 8.41. The molecular formula is C17H19ClN5NaO3S. The van der Waals surface area contributed by atoms with Gasteiger partial charge in [0.25, 0.3) is 0 Å². The number of imidazole rings is 1. The SMILES string of the molecule is COc1ccc2[nH]c([S@@+]([O-])Cc3nccc(N4CCOCC4)c3Cl)nc2n1.[NaH]. The van der Waals surface area contributed by atoms with Crippen molar-refractivity contribution in [3.05, 3.63) is 35.1 Å². The summed E-state index contributed by atoms with van der Waals surface area (Å²) in [5, 5.41) is 0.851. The van der Waals surface area contributed by atoms with Gasteiger partial charge in [-0.05, 0) is 12.1 Å². The van der Waals surface area contributed by atoms with E-state index in [1.807, 2.05) is 6.07 Å². The molecule has 1 aliphatic rings. The van der Waals surface area contributed by atoms with Crippen LogP contribution in [0, 0.1) is 0 Å². The molecule has 4 heterocycles. The fraction of sp³-hybridized carbons (Fsp3) is 0.353. The van der Waals surface area contributed by atoms with Crippen molar-refractivity contribution in [1.29, 1.82) is 0 Å². The third kappa shape index (κ3) is 4.56. The van der Waals surface area contributed by atoms with Crippen LogP contribution in [0.4, 0.5) is 5.69 Å². The summed E-state index contributed by atoms with van der Waals surface area (Å²) in [4.78, 5) is 18.1. The Morgan fingerprint density at radius 3 is 2.82 bits per heavy atom. The van der Waals surface area contributed by atoms with Gasteiger partial charge in [0.2, 0.25) is 5.88 Å². The Morgan fingerprint density at radius 1 is 1.29 bits per heavy atom. The zero-order valence-electron chi connectivity index (χ0n) is 14.6. The summed E-state index contributed by atoms with van der Waals surface area (Å²) < 4.78 is 23.3. The van der Waals surface area contributed by atoms with Gasteiger partial charge < -0.3 is 18.9 Å². The minimum atomic E-state index is -1.44. The van der Waals surface area contributed by atoms with Gasteiger partial charge >= 0.3 is 34.7 Å². The summed E-state index contributed by atoms with van der Waals surface area (Å²) >= 11 is 5.12. The molecule has 144 valence electrons. The molecular weight excluding hydrogens is 413 g/mol. The second-order valence-corrected chi connectivity index (χ2v) is 7.69. The van der Waals surface area contributed by atoms with Gasteiger partial charge in [-0.1, -0.05) is 11.6 Å². The summed E-state index contributed by atoms with van der Waals surface area (Å²) in [5.74, 6) is 0.614. The normalized spacial score (nSPS) is 15.3. The Kier molecular flexibility index (Phi) is 7.43. The number of hydrogen-bond donors (Lipinski definition) is 1. The molecule has 11 heteroatoms. The second kappa shape index (κ2) is 9.62. The van der Waals surface area contributed by atoms with Crippen molar-refractivity contribution in [3.63, 3.8) is 0 Å². The maximum absolute atomic E-state index is 12.8. The molecule has 28 heavy (non-hydrogen) atoms. The van der Waals surface area contributed by atoms with Gasteiger partial charge in [0.1, 0.15) is 5.69 Å². The number of rotatable bonds is 5. The molecule has 0 bridgehead atoms. The first-order valence-corrected chi connectivity index (χ1v) is 10.1. The van der Waals surface area contributed by atoms with Crippen LogP contribution in [0.5, 0.6) is 5.88 Å². The number of nitrogens with one attached hydrogen (secondary N) is 1. The van der Waals surface area contributed by atoms with Gasteiger partial charge in [0.05, 0.1) is 36.6 Å². The van der Waals surface area contributed by atoms with Gasteiger partial charge in [-0.25, -0.2) is 0 Å². The molecule has 1 aliphatic heterocycles. The number of nitrogens with zero attached hydrogens (tertiary/aromatic N) is 4. The van der Waals surface area contributed by atoms with Gasteiger partial charge in [0.15, 0.2) is 11.4 Å². The van der Waals surface area contributed by atoms with Crippen molar-refractivity contribution in [3.8, 4) is 5.88 Å². The molecule has 3 aromatic rings. The van der Waals surface area contributed by atoms with Crippen LogP contribution >= 0.6 is 11.6 Å². The molecule has 0 spiro atoms. The van der Waals surface area contributed by atoms with Gasteiger partial charge in [-0.3, -0.25) is 9.97 Å². The topological polar surface area (TPSA) is 99.2 Å². The van der Waals surface area contributed by atoms with Crippen molar-refractivity contribution >= 4 is 69.2 Å². The van der Waals surface area contributed by atoms with Crippen LogP contribution in [0.15, 0.2) is 29.6 Å². The molecule has 0 amide bonds. The average Bonchev–Trinajstić information content (AvgIpc) is 3.13. The monoisotopic (exact) mass is 431 g/mol. The second-order valence-electron chi connectivity index (χ2n) is 5.95. The predicted molar refractivity (Wildman–Crippen MR) is 110 cm³/mol. The summed E-state index contributed by atoms with van der Waals surface area (Å²) in [5.41, 5.74) is 2.61. The quantitative estimate of drug-likeness (QED) is 0.483. The average molecular weight is 432 g/mol. The fourth-order valence-electron chi connectivity index (χ4n) is 2.89. The summed E-state index contributed by atoms with van der Waals surface area (Å²) in [6, 6.07) is 5.38. The van der Waals surface area contributed by atoms with E-state index in [0.29, 0.717) is 46.1 Å². The number of fused-ring (bicyclic) bond motifs is 1. The van der Waals surface area contributed by atoms with Crippen molar-refractivity contribution in [2.75, 3.05) is 38.3 Å². The molecule has 1 fully saturated rings. The molecule has 8 nitrogen and oxygen atoms in total. The molecule has 0 aromatic carbocycles. The molecule has 1 atom stereocenters. The van der Waals surface area contributed by atoms with Crippen LogP contribution in [0.3, 0.4) is 0 Å². The standard InChI is InChI=1S/C17H18ClN5O3S.Na.H/c1-25-14-3-2-11-16(21-14)22-17(20-11)27(24)10-12-15(18)13(4-5-19-12)23-6-8-26-9-7-23;;/h2-5H,6-10H2,1H3,(H,20,21,22);;/t27-;;/m0../s1. The fourth-order valence-corrected chi connectivity index (χ4v) is 4.29. The van der Waals surface area contributed by atoms with E-state index < -0.39 is 11.2 Å². The van der Waals surface area contributed by atoms with Crippen LogP contribution in [-0.2, 0) is 21.7 Å². The molecule has 4 rings (SSSR count). The van der Waals surface area contributed by atoms with E-state index in [-0.39, 0.29) is 35.3 Å². The minimum absolute atomic E-state index is 0. The van der Waals surface area contributed by atoms with Crippen LogP contribution < -0.4 is 9.64 Å². The van der Waals surface area contributed by atoms with Gasteiger partial charge in [0, 0.05) is 36.5 Å². The molecule has 1 saturated heterocycles. The van der Waals surface area contributed by atoms with E-state index >= 15 is 0 Å². The number of aromatic nitrogens is 4.